The van der Waals surface area contributed by atoms with E-state index in [2.05, 4.69) is 21.0 Å². The van der Waals surface area contributed by atoms with Crippen molar-refractivity contribution < 1.29 is 4.79 Å². The standard InChI is InChI=1S/C14H18ClN5OS/c1-11(20-10-16-9-17-20)14(21)19-6-4-18(5-7-19)8-12-2-3-13(15)22-12/h2-3,9-11H,4-8H2,1H3/t11-/m0/s1. The minimum atomic E-state index is -0.301. The van der Waals surface area contributed by atoms with E-state index in [1.54, 1.807) is 22.3 Å². The van der Waals surface area contributed by atoms with E-state index in [1.807, 2.05) is 17.9 Å². The first-order chi connectivity index (χ1) is 10.6. The van der Waals surface area contributed by atoms with Crippen molar-refractivity contribution in [3.63, 3.8) is 0 Å². The summed E-state index contributed by atoms with van der Waals surface area (Å²) in [7, 11) is 0. The lowest BCUT2D eigenvalue weighted by atomic mass is 10.2. The van der Waals surface area contributed by atoms with Crippen LogP contribution in [0.5, 0.6) is 0 Å². The van der Waals surface area contributed by atoms with E-state index in [1.165, 1.54) is 11.2 Å². The van der Waals surface area contributed by atoms with Crippen molar-refractivity contribution in [2.24, 2.45) is 0 Å². The molecule has 0 saturated carbocycles. The molecule has 22 heavy (non-hydrogen) atoms. The van der Waals surface area contributed by atoms with Crippen LogP contribution >= 0.6 is 22.9 Å². The number of piperazine rings is 1. The lowest BCUT2D eigenvalue weighted by molar-refractivity contribution is -0.136. The van der Waals surface area contributed by atoms with Crippen LogP contribution in [0.3, 0.4) is 0 Å². The van der Waals surface area contributed by atoms with Gasteiger partial charge in [0.1, 0.15) is 18.7 Å². The molecular weight excluding hydrogens is 322 g/mol. The van der Waals surface area contributed by atoms with Gasteiger partial charge in [0.25, 0.3) is 0 Å². The molecule has 1 aliphatic heterocycles. The van der Waals surface area contributed by atoms with E-state index < -0.39 is 0 Å². The van der Waals surface area contributed by atoms with E-state index in [9.17, 15) is 4.79 Å². The van der Waals surface area contributed by atoms with Crippen molar-refractivity contribution in [2.45, 2.75) is 19.5 Å². The third-order valence-electron chi connectivity index (χ3n) is 3.88. The molecule has 118 valence electrons. The average Bonchev–Trinajstić information content (AvgIpc) is 3.18. The maximum atomic E-state index is 12.5. The molecule has 0 radical (unpaired) electrons. The number of halogens is 1. The van der Waals surface area contributed by atoms with Crippen LogP contribution in [0.25, 0.3) is 0 Å². The van der Waals surface area contributed by atoms with Gasteiger partial charge in [-0.1, -0.05) is 11.6 Å². The predicted octanol–water partition coefficient (Wildman–Crippen LogP) is 1.90. The largest absolute Gasteiger partial charge is 0.338 e. The normalized spacial score (nSPS) is 17.6. The number of thiophene rings is 1. The van der Waals surface area contributed by atoms with E-state index in [4.69, 9.17) is 11.6 Å². The highest BCUT2D eigenvalue weighted by Crippen LogP contribution is 2.23. The fraction of sp³-hybridized carbons (Fsp3) is 0.500. The molecule has 0 spiro atoms. The molecule has 3 rings (SSSR count). The predicted molar refractivity (Wildman–Crippen MR) is 85.9 cm³/mol. The monoisotopic (exact) mass is 339 g/mol. The minimum absolute atomic E-state index is 0.101. The van der Waals surface area contributed by atoms with Gasteiger partial charge in [-0.15, -0.1) is 11.3 Å². The third kappa shape index (κ3) is 3.48. The Balaban J connectivity index is 1.52. The molecule has 1 amide bonds. The van der Waals surface area contributed by atoms with Crippen LogP contribution in [0.1, 0.15) is 17.8 Å². The van der Waals surface area contributed by atoms with Crippen LogP contribution in [0.4, 0.5) is 0 Å². The lowest BCUT2D eigenvalue weighted by Crippen LogP contribution is -2.49. The smallest absolute Gasteiger partial charge is 0.247 e. The first kappa shape index (κ1) is 15.5. The first-order valence-corrected chi connectivity index (χ1v) is 8.42. The highest BCUT2D eigenvalue weighted by Gasteiger charge is 2.26. The zero-order valence-electron chi connectivity index (χ0n) is 12.4. The van der Waals surface area contributed by atoms with Crippen molar-refractivity contribution >= 4 is 28.8 Å². The summed E-state index contributed by atoms with van der Waals surface area (Å²) in [6, 6.07) is 3.70. The van der Waals surface area contributed by atoms with Crippen molar-refractivity contribution in [3.8, 4) is 0 Å². The molecule has 0 N–H and O–H groups in total. The summed E-state index contributed by atoms with van der Waals surface area (Å²) in [5.41, 5.74) is 0. The van der Waals surface area contributed by atoms with Gasteiger partial charge in [-0.3, -0.25) is 9.69 Å². The number of hydrogen-bond acceptors (Lipinski definition) is 5. The maximum Gasteiger partial charge on any atom is 0.247 e. The summed E-state index contributed by atoms with van der Waals surface area (Å²) in [5.74, 6) is 0.101. The quantitative estimate of drug-likeness (QED) is 0.853. The summed E-state index contributed by atoms with van der Waals surface area (Å²) in [6.07, 6.45) is 3.03. The van der Waals surface area contributed by atoms with Gasteiger partial charge < -0.3 is 4.90 Å². The number of carbonyl (C=O) groups excluding carboxylic acids is 1. The highest BCUT2D eigenvalue weighted by atomic mass is 35.5. The van der Waals surface area contributed by atoms with Crippen LogP contribution in [-0.2, 0) is 11.3 Å². The molecule has 3 heterocycles. The van der Waals surface area contributed by atoms with E-state index in [0.29, 0.717) is 0 Å². The lowest BCUT2D eigenvalue weighted by Gasteiger charge is -2.35. The summed E-state index contributed by atoms with van der Waals surface area (Å²) in [6.45, 7) is 6.01. The molecule has 1 atom stereocenters. The highest BCUT2D eigenvalue weighted by molar-refractivity contribution is 7.16. The van der Waals surface area contributed by atoms with Gasteiger partial charge in [0.15, 0.2) is 0 Å². The van der Waals surface area contributed by atoms with Crippen LogP contribution in [-0.4, -0.2) is 56.7 Å². The number of carbonyl (C=O) groups is 1. The van der Waals surface area contributed by atoms with Gasteiger partial charge in [0, 0.05) is 37.6 Å². The summed E-state index contributed by atoms with van der Waals surface area (Å²) >= 11 is 7.58. The van der Waals surface area contributed by atoms with Crippen molar-refractivity contribution in [1.29, 1.82) is 0 Å². The molecule has 0 aromatic carbocycles. The molecule has 0 aliphatic carbocycles. The van der Waals surface area contributed by atoms with Gasteiger partial charge >= 0.3 is 0 Å². The Bertz CT molecular complexity index is 621. The van der Waals surface area contributed by atoms with Crippen LogP contribution in [0.15, 0.2) is 24.8 Å². The molecule has 8 heteroatoms. The van der Waals surface area contributed by atoms with Gasteiger partial charge in [-0.25, -0.2) is 9.67 Å². The number of rotatable bonds is 4. The van der Waals surface area contributed by atoms with Crippen molar-refractivity contribution in [2.75, 3.05) is 26.2 Å². The Morgan fingerprint density at radius 2 is 2.14 bits per heavy atom. The molecule has 1 saturated heterocycles. The van der Waals surface area contributed by atoms with Crippen LogP contribution in [0, 0.1) is 0 Å². The average molecular weight is 340 g/mol. The van der Waals surface area contributed by atoms with Crippen LogP contribution in [0.2, 0.25) is 4.34 Å². The molecule has 0 bridgehead atoms. The molecule has 2 aromatic rings. The second-order valence-electron chi connectivity index (χ2n) is 5.36. The SMILES string of the molecule is C[C@@H](C(=O)N1CCN(Cc2ccc(Cl)s2)CC1)n1cncn1. The topological polar surface area (TPSA) is 54.3 Å². The maximum absolute atomic E-state index is 12.5. The number of amides is 1. The summed E-state index contributed by atoms with van der Waals surface area (Å²) in [4.78, 5) is 21.9. The fourth-order valence-corrected chi connectivity index (χ4v) is 3.71. The Labute approximate surface area is 138 Å². The Morgan fingerprint density at radius 1 is 1.36 bits per heavy atom. The second kappa shape index (κ2) is 6.76. The summed E-state index contributed by atoms with van der Waals surface area (Å²) in [5, 5.41) is 4.04. The number of nitrogens with zero attached hydrogens (tertiary/aromatic N) is 5. The Hall–Kier alpha value is -1.44. The van der Waals surface area contributed by atoms with Crippen molar-refractivity contribution in [3.05, 3.63) is 34.0 Å². The second-order valence-corrected chi connectivity index (χ2v) is 7.16. The van der Waals surface area contributed by atoms with E-state index in [-0.39, 0.29) is 11.9 Å². The first-order valence-electron chi connectivity index (χ1n) is 7.23. The molecule has 1 fully saturated rings. The zero-order chi connectivity index (χ0) is 15.5. The van der Waals surface area contributed by atoms with Gasteiger partial charge in [-0.05, 0) is 19.1 Å². The molecule has 1 aliphatic rings. The molecule has 2 aromatic heterocycles. The van der Waals surface area contributed by atoms with Crippen LogP contribution < -0.4 is 0 Å². The Kier molecular flexibility index (Phi) is 4.75. The minimum Gasteiger partial charge on any atom is -0.338 e. The molecule has 6 nitrogen and oxygen atoms in total. The fourth-order valence-electron chi connectivity index (χ4n) is 2.58. The number of aromatic nitrogens is 3. The van der Waals surface area contributed by atoms with E-state index >= 15 is 0 Å². The molecular formula is C14H18ClN5OS. The Morgan fingerprint density at radius 3 is 2.73 bits per heavy atom. The third-order valence-corrected chi connectivity index (χ3v) is 5.10. The van der Waals surface area contributed by atoms with Gasteiger partial charge in [0.2, 0.25) is 5.91 Å². The van der Waals surface area contributed by atoms with E-state index in [0.717, 1.165) is 37.1 Å². The van der Waals surface area contributed by atoms with Gasteiger partial charge in [-0.2, -0.15) is 5.10 Å². The number of hydrogen-bond donors (Lipinski definition) is 0. The van der Waals surface area contributed by atoms with Crippen molar-refractivity contribution in [1.82, 2.24) is 24.6 Å². The molecule has 0 unspecified atom stereocenters. The summed E-state index contributed by atoms with van der Waals surface area (Å²) < 4.78 is 2.42. The zero-order valence-corrected chi connectivity index (χ0v) is 13.9. The van der Waals surface area contributed by atoms with Gasteiger partial charge in [0.05, 0.1) is 4.34 Å².